The van der Waals surface area contributed by atoms with E-state index < -0.39 is 24.0 Å². The van der Waals surface area contributed by atoms with Gasteiger partial charge in [-0.25, -0.2) is 24.8 Å². The molecular formula is C33H39BN8O4S2. The maximum Gasteiger partial charge on any atom is 0.435 e. The fraction of sp³-hybridized carbons (Fsp3) is 0.485. The van der Waals surface area contributed by atoms with Gasteiger partial charge in [0, 0.05) is 55.2 Å². The number of nitriles is 1. The first-order chi connectivity index (χ1) is 22.5. The molecule has 0 aromatic carbocycles. The molecule has 0 saturated carbocycles. The molecule has 4 aromatic heterocycles. The SMILES string of the molecule is Cc1nn(C(=O)OC(C)(C)C)cc1-c1cnc(-c2nc3sc(N(C)[C@@H]4CCN(C(=O)OC(C)(C)C)C(C)C4)nc3s2)c2c1C=CB2C#N. The number of pyridine rings is 1. The molecule has 250 valence electrons. The summed E-state index contributed by atoms with van der Waals surface area (Å²) in [5.74, 6) is 4.25. The van der Waals surface area contributed by atoms with Crippen LogP contribution in [0.2, 0.25) is 0 Å². The van der Waals surface area contributed by atoms with Gasteiger partial charge in [-0.1, -0.05) is 34.7 Å². The molecule has 15 heteroatoms. The molecule has 2 atom stereocenters. The Morgan fingerprint density at radius 3 is 2.40 bits per heavy atom. The summed E-state index contributed by atoms with van der Waals surface area (Å²) in [7, 11) is 2.05. The summed E-state index contributed by atoms with van der Waals surface area (Å²) in [6.07, 6.45) is 6.13. The Morgan fingerprint density at radius 1 is 1.06 bits per heavy atom. The smallest absolute Gasteiger partial charge is 0.435 e. The Bertz CT molecular complexity index is 1950. The Kier molecular flexibility index (Phi) is 8.62. The fourth-order valence-corrected chi connectivity index (χ4v) is 8.16. The summed E-state index contributed by atoms with van der Waals surface area (Å²) in [4.78, 5) is 45.8. The zero-order chi connectivity index (χ0) is 34.7. The first-order valence-corrected chi connectivity index (χ1v) is 17.6. The number of anilines is 1. The minimum Gasteiger partial charge on any atom is -0.444 e. The summed E-state index contributed by atoms with van der Waals surface area (Å²) < 4.78 is 12.3. The zero-order valence-electron chi connectivity index (χ0n) is 28.7. The highest BCUT2D eigenvalue weighted by atomic mass is 32.1. The van der Waals surface area contributed by atoms with E-state index in [1.165, 1.54) is 27.4 Å². The van der Waals surface area contributed by atoms with Crippen LogP contribution in [-0.4, -0.2) is 85.4 Å². The number of nitrogens with zero attached hydrogens (tertiary/aromatic N) is 8. The van der Waals surface area contributed by atoms with Crippen molar-refractivity contribution in [2.75, 3.05) is 18.5 Å². The van der Waals surface area contributed by atoms with E-state index in [9.17, 15) is 14.9 Å². The normalized spacial score (nSPS) is 17.8. The van der Waals surface area contributed by atoms with Gasteiger partial charge in [0.25, 0.3) is 0 Å². The minimum absolute atomic E-state index is 0.0418. The molecule has 6 rings (SSSR count). The molecular weight excluding hydrogens is 647 g/mol. The molecule has 1 amide bonds. The number of ether oxygens (including phenoxy) is 2. The quantitative estimate of drug-likeness (QED) is 0.224. The lowest BCUT2D eigenvalue weighted by Crippen LogP contribution is -2.51. The number of rotatable bonds is 4. The number of aryl methyl sites for hydroxylation is 1. The largest absolute Gasteiger partial charge is 0.444 e. The summed E-state index contributed by atoms with van der Waals surface area (Å²) in [5.41, 5.74) is 3.27. The molecule has 4 aromatic rings. The number of fused-ring (bicyclic) bond motifs is 2. The highest BCUT2D eigenvalue weighted by Gasteiger charge is 2.35. The molecule has 1 saturated heterocycles. The van der Waals surface area contributed by atoms with Crippen LogP contribution >= 0.6 is 22.7 Å². The molecule has 1 unspecified atom stereocenters. The highest BCUT2D eigenvalue weighted by molar-refractivity contribution is 7.29. The molecule has 0 spiro atoms. The van der Waals surface area contributed by atoms with E-state index in [4.69, 9.17) is 24.4 Å². The second-order valence-corrected chi connectivity index (χ2v) is 16.2. The third-order valence-corrected chi connectivity index (χ3v) is 10.5. The zero-order valence-corrected chi connectivity index (χ0v) is 30.3. The first-order valence-electron chi connectivity index (χ1n) is 15.9. The molecule has 0 aliphatic carbocycles. The van der Waals surface area contributed by atoms with Crippen LogP contribution in [-0.2, 0) is 9.47 Å². The first kappa shape index (κ1) is 33.6. The van der Waals surface area contributed by atoms with Crippen molar-refractivity contribution in [1.82, 2.24) is 29.6 Å². The standard InChI is InChI=1S/C33H39BN8O4S2/c1-18-14-20(11-13-41(18)30(43)45-32(3,4)5)40(9)29-38-28-27(48-29)37-26(47-28)25-24-21(10-12-34(24)17-35)22(15-36-25)23-16-42(39-19(23)2)31(44)46-33(6,7)8/h10,12,15-16,18,20H,11,13-14H2,1-9H3/t18?,20-/m1/s1. The average molecular weight is 687 g/mol. The van der Waals surface area contributed by atoms with Crippen molar-refractivity contribution in [2.24, 2.45) is 0 Å². The number of piperidine rings is 1. The average Bonchev–Trinajstić information content (AvgIpc) is 3.76. The Hall–Kier alpha value is -4.29. The van der Waals surface area contributed by atoms with E-state index in [0.29, 0.717) is 22.9 Å². The van der Waals surface area contributed by atoms with E-state index in [1.807, 2.05) is 72.5 Å². The number of likely N-dealkylation sites (tertiary alicyclic amines) is 1. The number of thiazole rings is 2. The highest BCUT2D eigenvalue weighted by Crippen LogP contribution is 2.39. The van der Waals surface area contributed by atoms with Crippen molar-refractivity contribution < 1.29 is 19.1 Å². The summed E-state index contributed by atoms with van der Waals surface area (Å²) >= 11 is 2.98. The topological polar surface area (TPSA) is 139 Å². The van der Waals surface area contributed by atoms with Gasteiger partial charge in [0.1, 0.15) is 16.2 Å². The van der Waals surface area contributed by atoms with Crippen LogP contribution < -0.4 is 10.4 Å². The van der Waals surface area contributed by atoms with Crippen LogP contribution in [0.1, 0.15) is 72.6 Å². The van der Waals surface area contributed by atoms with Crippen LogP contribution in [0.15, 0.2) is 18.4 Å². The number of aromatic nitrogens is 5. The molecule has 48 heavy (non-hydrogen) atoms. The van der Waals surface area contributed by atoms with Crippen LogP contribution in [0.5, 0.6) is 0 Å². The molecule has 1 fully saturated rings. The maximum absolute atomic E-state index is 12.7. The maximum atomic E-state index is 12.7. The number of hydrogen-bond donors (Lipinski definition) is 0. The second-order valence-electron chi connectivity index (χ2n) is 14.3. The number of amides is 1. The summed E-state index contributed by atoms with van der Waals surface area (Å²) in [6, 6.07) is 0.265. The van der Waals surface area contributed by atoms with Crippen molar-refractivity contribution in [3.8, 4) is 27.8 Å². The van der Waals surface area contributed by atoms with Gasteiger partial charge >= 0.3 is 18.9 Å². The van der Waals surface area contributed by atoms with E-state index in [-0.39, 0.29) is 18.2 Å². The lowest BCUT2D eigenvalue weighted by Gasteiger charge is -2.41. The minimum atomic E-state index is -0.656. The van der Waals surface area contributed by atoms with Crippen molar-refractivity contribution >= 4 is 67.9 Å². The van der Waals surface area contributed by atoms with Gasteiger partial charge in [-0.15, -0.1) is 0 Å². The van der Waals surface area contributed by atoms with Gasteiger partial charge in [0.05, 0.1) is 11.4 Å². The van der Waals surface area contributed by atoms with Crippen LogP contribution in [0.4, 0.5) is 14.7 Å². The Morgan fingerprint density at radius 2 is 1.75 bits per heavy atom. The molecule has 6 heterocycles. The van der Waals surface area contributed by atoms with Crippen LogP contribution in [0.25, 0.3) is 37.6 Å². The monoisotopic (exact) mass is 686 g/mol. The van der Waals surface area contributed by atoms with Gasteiger partial charge in [0.2, 0.25) is 0 Å². The molecule has 0 radical (unpaired) electrons. The number of carbonyl (C=O) groups is 2. The summed E-state index contributed by atoms with van der Waals surface area (Å²) in [5, 5.41) is 16.0. The number of hydrogen-bond acceptors (Lipinski definition) is 12. The van der Waals surface area contributed by atoms with Crippen molar-refractivity contribution in [3.63, 3.8) is 0 Å². The van der Waals surface area contributed by atoms with Crippen LogP contribution in [0, 0.1) is 18.2 Å². The lowest BCUT2D eigenvalue weighted by atomic mass is 9.48. The molecule has 2 aliphatic rings. The number of carbonyl (C=O) groups excluding carboxylic acids is 2. The molecule has 12 nitrogen and oxygen atoms in total. The van der Waals surface area contributed by atoms with Crippen molar-refractivity contribution in [1.29, 1.82) is 5.26 Å². The van der Waals surface area contributed by atoms with Gasteiger partial charge in [0.15, 0.2) is 14.8 Å². The third-order valence-electron chi connectivity index (χ3n) is 8.33. The van der Waals surface area contributed by atoms with Gasteiger partial charge in [-0.2, -0.15) is 9.78 Å². The van der Waals surface area contributed by atoms with E-state index >= 15 is 0 Å². The lowest BCUT2D eigenvalue weighted by molar-refractivity contribution is 0.0104. The molecule has 0 bridgehead atoms. The van der Waals surface area contributed by atoms with Crippen molar-refractivity contribution in [3.05, 3.63) is 29.6 Å². The second kappa shape index (κ2) is 12.3. The summed E-state index contributed by atoms with van der Waals surface area (Å²) in [6.45, 7) is 15.1. The Balaban J connectivity index is 1.24. The van der Waals surface area contributed by atoms with E-state index in [2.05, 4.69) is 22.9 Å². The third kappa shape index (κ3) is 6.55. The van der Waals surface area contributed by atoms with E-state index in [1.54, 1.807) is 12.4 Å². The molecule has 2 aliphatic heterocycles. The predicted octanol–water partition coefficient (Wildman–Crippen LogP) is 6.32. The van der Waals surface area contributed by atoms with Crippen molar-refractivity contribution in [2.45, 2.75) is 91.5 Å². The Labute approximate surface area is 288 Å². The molecule has 0 N–H and O–H groups in total. The van der Waals surface area contributed by atoms with Gasteiger partial charge in [-0.05, 0) is 79.3 Å². The van der Waals surface area contributed by atoms with Gasteiger partial charge in [-0.3, -0.25) is 4.98 Å². The van der Waals surface area contributed by atoms with E-state index in [0.717, 1.165) is 49.8 Å². The van der Waals surface area contributed by atoms with Gasteiger partial charge < -0.3 is 19.3 Å². The van der Waals surface area contributed by atoms with Crippen LogP contribution in [0.3, 0.4) is 0 Å². The predicted molar refractivity (Wildman–Crippen MR) is 190 cm³/mol. The fourth-order valence-electron chi connectivity index (χ4n) is 6.07.